The minimum absolute atomic E-state index is 0.583. The number of benzene rings is 1. The summed E-state index contributed by atoms with van der Waals surface area (Å²) in [6, 6.07) is 9.95. The van der Waals surface area contributed by atoms with E-state index in [1.54, 1.807) is 7.11 Å². The van der Waals surface area contributed by atoms with Gasteiger partial charge in [-0.1, -0.05) is 29.7 Å². The highest BCUT2D eigenvalue weighted by Crippen LogP contribution is 1.93. The van der Waals surface area contributed by atoms with Crippen molar-refractivity contribution in [2.24, 2.45) is 0 Å². The Morgan fingerprint density at radius 2 is 2.00 bits per heavy atom. The Morgan fingerprint density at radius 1 is 1.27 bits per heavy atom. The lowest BCUT2D eigenvalue weighted by molar-refractivity contribution is 0.451. The van der Waals surface area contributed by atoms with Crippen LogP contribution in [0.4, 0.5) is 0 Å². The fourth-order valence-corrected chi connectivity index (χ4v) is 1.15. The number of hydrogen-bond acceptors (Lipinski definition) is 1. The Bertz CT molecular complexity index is 258. The standard InChI is InChI=1S/C9H10OSi/c1-10-11-8-7-9-5-3-2-4-6-9/h2-6H,11H2,1H3. The molecule has 0 aliphatic rings. The molecule has 0 aliphatic heterocycles. The zero-order valence-electron chi connectivity index (χ0n) is 6.50. The second-order valence-electron chi connectivity index (χ2n) is 2.10. The molecule has 56 valence electrons. The van der Waals surface area contributed by atoms with Crippen LogP contribution >= 0.6 is 0 Å². The van der Waals surface area contributed by atoms with E-state index in [4.69, 9.17) is 4.43 Å². The van der Waals surface area contributed by atoms with Gasteiger partial charge in [0.2, 0.25) is 9.76 Å². The average molecular weight is 162 g/mol. The SMILES string of the molecule is CO[SiH2]C#Cc1ccccc1. The smallest absolute Gasteiger partial charge is 0.240 e. The van der Waals surface area contributed by atoms with Gasteiger partial charge in [-0.05, 0) is 12.1 Å². The fraction of sp³-hybridized carbons (Fsp3) is 0.111. The first kappa shape index (κ1) is 8.06. The molecular formula is C9H10OSi. The summed E-state index contributed by atoms with van der Waals surface area (Å²) in [4.78, 5) is 0. The van der Waals surface area contributed by atoms with E-state index < -0.39 is 9.76 Å². The Balaban J connectivity index is 2.59. The van der Waals surface area contributed by atoms with Crippen LogP contribution < -0.4 is 0 Å². The molecule has 2 heteroatoms. The van der Waals surface area contributed by atoms with Gasteiger partial charge in [-0.15, -0.1) is 0 Å². The summed E-state index contributed by atoms with van der Waals surface area (Å²) in [6.07, 6.45) is 0. The van der Waals surface area contributed by atoms with Crippen LogP contribution in [-0.2, 0) is 4.43 Å². The fourth-order valence-electron chi connectivity index (χ4n) is 0.732. The van der Waals surface area contributed by atoms with E-state index in [-0.39, 0.29) is 0 Å². The molecule has 0 heterocycles. The predicted molar refractivity (Wildman–Crippen MR) is 48.9 cm³/mol. The molecule has 11 heavy (non-hydrogen) atoms. The van der Waals surface area contributed by atoms with E-state index in [1.165, 1.54) is 0 Å². The number of rotatable bonds is 1. The molecule has 0 aliphatic carbocycles. The van der Waals surface area contributed by atoms with E-state index in [2.05, 4.69) is 11.5 Å². The quantitative estimate of drug-likeness (QED) is 0.437. The van der Waals surface area contributed by atoms with E-state index in [9.17, 15) is 0 Å². The minimum atomic E-state index is -0.583. The van der Waals surface area contributed by atoms with Crippen molar-refractivity contribution in [2.75, 3.05) is 7.11 Å². The van der Waals surface area contributed by atoms with Crippen LogP contribution in [0, 0.1) is 11.5 Å². The van der Waals surface area contributed by atoms with Crippen LogP contribution in [0.15, 0.2) is 30.3 Å². The molecule has 0 fully saturated rings. The molecule has 1 nitrogen and oxygen atoms in total. The molecule has 0 unspecified atom stereocenters. The lowest BCUT2D eigenvalue weighted by atomic mass is 10.2. The van der Waals surface area contributed by atoms with Crippen LogP contribution in [0.3, 0.4) is 0 Å². The molecule has 0 aromatic heterocycles. The summed E-state index contributed by atoms with van der Waals surface area (Å²) in [7, 11) is 1.12. The van der Waals surface area contributed by atoms with Gasteiger partial charge in [-0.25, -0.2) is 0 Å². The average Bonchev–Trinajstić information content (AvgIpc) is 2.07. The topological polar surface area (TPSA) is 9.23 Å². The second kappa shape index (κ2) is 4.72. The highest BCUT2D eigenvalue weighted by Gasteiger charge is 1.79. The van der Waals surface area contributed by atoms with Gasteiger partial charge in [0, 0.05) is 12.7 Å². The summed E-state index contributed by atoms with van der Waals surface area (Å²) >= 11 is 0. The monoisotopic (exact) mass is 162 g/mol. The Hall–Kier alpha value is -1.04. The minimum Gasteiger partial charge on any atom is -0.414 e. The van der Waals surface area contributed by atoms with Crippen LogP contribution in [0.25, 0.3) is 0 Å². The largest absolute Gasteiger partial charge is 0.414 e. The number of hydrogen-bond donors (Lipinski definition) is 0. The molecule has 0 N–H and O–H groups in total. The van der Waals surface area contributed by atoms with Crippen molar-refractivity contribution in [2.45, 2.75) is 0 Å². The van der Waals surface area contributed by atoms with E-state index in [0.717, 1.165) is 5.56 Å². The van der Waals surface area contributed by atoms with Crippen molar-refractivity contribution in [3.05, 3.63) is 35.9 Å². The molecule has 0 bridgehead atoms. The normalized spacial score (nSPS) is 9.55. The molecule has 0 radical (unpaired) electrons. The van der Waals surface area contributed by atoms with Crippen LogP contribution in [-0.4, -0.2) is 16.9 Å². The van der Waals surface area contributed by atoms with Crippen molar-refractivity contribution >= 4 is 9.76 Å². The molecule has 0 spiro atoms. The lowest BCUT2D eigenvalue weighted by Gasteiger charge is -1.85. The zero-order valence-corrected chi connectivity index (χ0v) is 7.92. The van der Waals surface area contributed by atoms with Gasteiger partial charge < -0.3 is 4.43 Å². The van der Waals surface area contributed by atoms with Crippen molar-refractivity contribution in [1.29, 1.82) is 0 Å². The van der Waals surface area contributed by atoms with E-state index >= 15 is 0 Å². The third kappa shape index (κ3) is 3.03. The highest BCUT2D eigenvalue weighted by molar-refractivity contribution is 6.38. The summed E-state index contributed by atoms with van der Waals surface area (Å²) in [5.41, 5.74) is 4.08. The Labute approximate surface area is 69.3 Å². The molecule has 1 rings (SSSR count). The van der Waals surface area contributed by atoms with Gasteiger partial charge >= 0.3 is 0 Å². The second-order valence-corrected chi connectivity index (χ2v) is 3.32. The predicted octanol–water partition coefficient (Wildman–Crippen LogP) is 0.726. The highest BCUT2D eigenvalue weighted by atomic mass is 28.2. The molecule has 1 aromatic rings. The first-order valence-electron chi connectivity index (χ1n) is 3.46. The summed E-state index contributed by atoms with van der Waals surface area (Å²) in [6.45, 7) is 0. The third-order valence-corrected chi connectivity index (χ3v) is 1.83. The maximum atomic E-state index is 4.93. The molecule has 0 atom stereocenters. The van der Waals surface area contributed by atoms with Crippen molar-refractivity contribution < 1.29 is 4.43 Å². The van der Waals surface area contributed by atoms with Crippen molar-refractivity contribution in [3.63, 3.8) is 0 Å². The maximum absolute atomic E-state index is 4.93. The first-order chi connectivity index (χ1) is 5.43. The van der Waals surface area contributed by atoms with Crippen LogP contribution in [0.2, 0.25) is 0 Å². The maximum Gasteiger partial charge on any atom is 0.240 e. The molecule has 0 saturated heterocycles. The molecule has 0 amide bonds. The van der Waals surface area contributed by atoms with Gasteiger partial charge in [0.25, 0.3) is 0 Å². The van der Waals surface area contributed by atoms with Crippen LogP contribution in [0.1, 0.15) is 5.56 Å². The van der Waals surface area contributed by atoms with Gasteiger partial charge in [0.05, 0.1) is 0 Å². The molecule has 1 aromatic carbocycles. The van der Waals surface area contributed by atoms with E-state index in [0.29, 0.717) is 0 Å². The zero-order chi connectivity index (χ0) is 7.94. The van der Waals surface area contributed by atoms with Gasteiger partial charge in [-0.3, -0.25) is 0 Å². The van der Waals surface area contributed by atoms with Crippen LogP contribution in [0.5, 0.6) is 0 Å². The molecular weight excluding hydrogens is 152 g/mol. The Kier molecular flexibility index (Phi) is 3.46. The summed E-state index contributed by atoms with van der Waals surface area (Å²) in [5.74, 6) is 3.03. The van der Waals surface area contributed by atoms with Gasteiger partial charge in [0.15, 0.2) is 0 Å². The van der Waals surface area contributed by atoms with Crippen molar-refractivity contribution in [1.82, 2.24) is 0 Å². The van der Waals surface area contributed by atoms with Crippen molar-refractivity contribution in [3.8, 4) is 11.5 Å². The Morgan fingerprint density at radius 3 is 2.64 bits per heavy atom. The third-order valence-electron chi connectivity index (χ3n) is 1.22. The van der Waals surface area contributed by atoms with Gasteiger partial charge in [0.1, 0.15) is 0 Å². The summed E-state index contributed by atoms with van der Waals surface area (Å²) in [5, 5.41) is 0. The summed E-state index contributed by atoms with van der Waals surface area (Å²) < 4.78 is 4.93. The molecule has 0 saturated carbocycles. The van der Waals surface area contributed by atoms with Gasteiger partial charge in [-0.2, -0.15) is 0 Å². The lowest BCUT2D eigenvalue weighted by Crippen LogP contribution is -1.87. The first-order valence-corrected chi connectivity index (χ1v) is 4.75. The van der Waals surface area contributed by atoms with E-state index in [1.807, 2.05) is 30.3 Å².